The van der Waals surface area contributed by atoms with Crippen LogP contribution in [-0.4, -0.2) is 12.4 Å². The first-order chi connectivity index (χ1) is 11.6. The van der Waals surface area contributed by atoms with Crippen LogP contribution in [0, 0.1) is 0 Å². The Labute approximate surface area is 157 Å². The van der Waals surface area contributed by atoms with Crippen LogP contribution < -0.4 is 0 Å². The molecule has 0 bridgehead atoms. The van der Waals surface area contributed by atoms with Crippen LogP contribution in [0.1, 0.15) is 22.3 Å². The van der Waals surface area contributed by atoms with Crippen LogP contribution in [0.25, 0.3) is 0 Å². The van der Waals surface area contributed by atoms with Crippen molar-refractivity contribution < 1.29 is 26.3 Å². The fraction of sp³-hybridized carbons (Fsp3) is 0.294. The first kappa shape index (κ1) is 20.3. The molecule has 0 aliphatic rings. The van der Waals surface area contributed by atoms with E-state index in [0.717, 1.165) is 24.3 Å². The number of halogens is 8. The Morgan fingerprint density at radius 3 is 1.04 bits per heavy atom. The van der Waals surface area contributed by atoms with Crippen LogP contribution in [-0.2, 0) is 16.1 Å². The molecule has 25 heavy (non-hydrogen) atoms. The van der Waals surface area contributed by atoms with Gasteiger partial charge in [0.2, 0.25) is 5.41 Å². The van der Waals surface area contributed by atoms with E-state index in [2.05, 4.69) is 31.9 Å². The van der Waals surface area contributed by atoms with Crippen molar-refractivity contribution >= 4 is 31.9 Å². The van der Waals surface area contributed by atoms with Crippen molar-refractivity contribution in [2.45, 2.75) is 28.4 Å². The summed E-state index contributed by atoms with van der Waals surface area (Å²) in [5.41, 5.74) is -4.64. The van der Waals surface area contributed by atoms with Gasteiger partial charge >= 0.3 is 12.4 Å². The van der Waals surface area contributed by atoms with Crippen LogP contribution in [0.5, 0.6) is 0 Å². The Bertz CT molecular complexity index is 638. The van der Waals surface area contributed by atoms with E-state index in [1.165, 1.54) is 24.3 Å². The van der Waals surface area contributed by atoms with Crippen molar-refractivity contribution in [3.63, 3.8) is 0 Å². The lowest BCUT2D eigenvalue weighted by Gasteiger charge is -2.38. The fourth-order valence-corrected chi connectivity index (χ4v) is 3.42. The number of hydrogen-bond donors (Lipinski definition) is 0. The van der Waals surface area contributed by atoms with Gasteiger partial charge in [-0.25, -0.2) is 0 Å². The third-order valence-corrected chi connectivity index (χ3v) is 5.23. The van der Waals surface area contributed by atoms with Gasteiger partial charge in [-0.1, -0.05) is 80.4 Å². The normalized spacial score (nSPS) is 13.1. The van der Waals surface area contributed by atoms with E-state index >= 15 is 0 Å². The third-order valence-electron chi connectivity index (χ3n) is 3.93. The van der Waals surface area contributed by atoms with E-state index in [9.17, 15) is 26.3 Å². The van der Waals surface area contributed by atoms with Crippen molar-refractivity contribution in [2.75, 3.05) is 0 Å². The second-order valence-corrected chi connectivity index (χ2v) is 6.53. The lowest BCUT2D eigenvalue weighted by Crippen LogP contribution is -2.54. The molecule has 0 radical (unpaired) electrons. The van der Waals surface area contributed by atoms with E-state index in [-0.39, 0.29) is 0 Å². The molecule has 0 aliphatic heterocycles. The molecule has 136 valence electrons. The highest BCUT2D eigenvalue weighted by atomic mass is 79.9. The summed E-state index contributed by atoms with van der Waals surface area (Å²) in [4.78, 5) is 0. The molecular formula is C17H12Br2F6. The topological polar surface area (TPSA) is 0 Å². The number of benzene rings is 2. The molecule has 0 unspecified atom stereocenters. The van der Waals surface area contributed by atoms with Crippen molar-refractivity contribution in [1.82, 2.24) is 0 Å². The Hall–Kier alpha value is -1.02. The van der Waals surface area contributed by atoms with Gasteiger partial charge in [0, 0.05) is 10.7 Å². The van der Waals surface area contributed by atoms with Crippen LogP contribution >= 0.6 is 31.9 Å². The molecule has 0 amide bonds. The van der Waals surface area contributed by atoms with E-state index < -0.39 is 28.9 Å². The highest BCUT2D eigenvalue weighted by Gasteiger charge is 2.72. The molecule has 0 saturated heterocycles. The van der Waals surface area contributed by atoms with Crippen molar-refractivity contribution in [3.8, 4) is 0 Å². The Balaban J connectivity index is 2.80. The molecule has 0 fully saturated rings. The maximum absolute atomic E-state index is 13.9. The summed E-state index contributed by atoms with van der Waals surface area (Å²) < 4.78 is 83.2. The van der Waals surface area contributed by atoms with Crippen molar-refractivity contribution in [3.05, 3.63) is 70.8 Å². The zero-order valence-electron chi connectivity index (χ0n) is 12.6. The maximum Gasteiger partial charge on any atom is 0.411 e. The summed E-state index contributed by atoms with van der Waals surface area (Å²) in [7, 11) is 0. The number of hydrogen-bond acceptors (Lipinski definition) is 0. The van der Waals surface area contributed by atoms with Gasteiger partial charge in [-0.05, 0) is 22.3 Å². The molecule has 0 aromatic heterocycles. The highest BCUT2D eigenvalue weighted by molar-refractivity contribution is 9.08. The molecule has 0 N–H and O–H groups in total. The van der Waals surface area contributed by atoms with Crippen molar-refractivity contribution in [1.29, 1.82) is 0 Å². The molecule has 0 aliphatic carbocycles. The second-order valence-electron chi connectivity index (χ2n) is 5.41. The lowest BCUT2D eigenvalue weighted by atomic mass is 9.72. The van der Waals surface area contributed by atoms with Gasteiger partial charge in [-0.15, -0.1) is 0 Å². The Morgan fingerprint density at radius 2 is 0.840 bits per heavy atom. The lowest BCUT2D eigenvalue weighted by molar-refractivity contribution is -0.288. The zero-order valence-corrected chi connectivity index (χ0v) is 15.7. The van der Waals surface area contributed by atoms with E-state index in [1.54, 1.807) is 0 Å². The highest BCUT2D eigenvalue weighted by Crippen LogP contribution is 2.56. The third kappa shape index (κ3) is 3.60. The SMILES string of the molecule is FC(F)(F)C(c1ccc(CBr)cc1)(c1ccc(CBr)cc1)C(F)(F)F. The summed E-state index contributed by atoms with van der Waals surface area (Å²) in [5.74, 6) is 0. The van der Waals surface area contributed by atoms with Crippen LogP contribution in [0.3, 0.4) is 0 Å². The minimum atomic E-state index is -5.56. The molecule has 2 rings (SSSR count). The number of alkyl halides is 8. The molecule has 0 nitrogen and oxygen atoms in total. The minimum absolute atomic E-state index is 0.332. The molecule has 2 aromatic carbocycles. The van der Waals surface area contributed by atoms with Crippen LogP contribution in [0.4, 0.5) is 26.3 Å². The average Bonchev–Trinajstić information content (AvgIpc) is 2.54. The van der Waals surface area contributed by atoms with E-state index in [0.29, 0.717) is 21.8 Å². The van der Waals surface area contributed by atoms with Gasteiger partial charge in [0.05, 0.1) is 0 Å². The maximum atomic E-state index is 13.9. The van der Waals surface area contributed by atoms with Crippen molar-refractivity contribution in [2.24, 2.45) is 0 Å². The van der Waals surface area contributed by atoms with Gasteiger partial charge in [-0.3, -0.25) is 0 Å². The van der Waals surface area contributed by atoms with Gasteiger partial charge < -0.3 is 0 Å². The summed E-state index contributed by atoms with van der Waals surface area (Å²) >= 11 is 6.25. The molecule has 0 atom stereocenters. The fourth-order valence-electron chi connectivity index (χ4n) is 2.67. The van der Waals surface area contributed by atoms with E-state index in [4.69, 9.17) is 0 Å². The van der Waals surface area contributed by atoms with Gasteiger partial charge in [-0.2, -0.15) is 26.3 Å². The standard InChI is InChI=1S/C17H12Br2F6/c18-9-11-1-5-13(6-2-11)15(16(20,21)22,17(23,24)25)14-7-3-12(10-19)4-8-14/h1-8H,9-10H2. The molecule has 0 saturated carbocycles. The first-order valence-corrected chi connectivity index (χ1v) is 9.26. The molecular weight excluding hydrogens is 478 g/mol. The summed E-state index contributed by atoms with van der Waals surface area (Å²) in [6.45, 7) is 0. The average molecular weight is 490 g/mol. The quantitative estimate of drug-likeness (QED) is 0.324. The summed E-state index contributed by atoms with van der Waals surface area (Å²) in [6, 6.07) is 8.55. The second kappa shape index (κ2) is 7.31. The predicted molar refractivity (Wildman–Crippen MR) is 91.0 cm³/mol. The van der Waals surface area contributed by atoms with Gasteiger partial charge in [0.25, 0.3) is 0 Å². The Kier molecular flexibility index (Phi) is 5.93. The van der Waals surface area contributed by atoms with Gasteiger partial charge in [0.1, 0.15) is 0 Å². The molecule has 8 heteroatoms. The smallest absolute Gasteiger partial charge is 0.169 e. The number of rotatable bonds is 4. The minimum Gasteiger partial charge on any atom is -0.169 e. The molecule has 0 spiro atoms. The van der Waals surface area contributed by atoms with E-state index in [1.807, 2.05) is 0 Å². The van der Waals surface area contributed by atoms with Crippen LogP contribution in [0.2, 0.25) is 0 Å². The Morgan fingerprint density at radius 1 is 0.560 bits per heavy atom. The molecule has 0 heterocycles. The molecule has 2 aromatic rings. The monoisotopic (exact) mass is 488 g/mol. The van der Waals surface area contributed by atoms with Gasteiger partial charge in [0.15, 0.2) is 0 Å². The summed E-state index contributed by atoms with van der Waals surface area (Å²) in [5, 5.41) is 0.663. The van der Waals surface area contributed by atoms with Crippen LogP contribution in [0.15, 0.2) is 48.5 Å². The summed E-state index contributed by atoms with van der Waals surface area (Å²) in [6.07, 6.45) is -11.1. The largest absolute Gasteiger partial charge is 0.411 e. The predicted octanol–water partition coefficient (Wildman–Crippen LogP) is 6.89. The zero-order chi connectivity index (χ0) is 18.9. The first-order valence-electron chi connectivity index (χ1n) is 7.02.